The van der Waals surface area contributed by atoms with Gasteiger partial charge in [-0.1, -0.05) is 46.1 Å². The first kappa shape index (κ1) is 11.8. The van der Waals surface area contributed by atoms with E-state index in [0.29, 0.717) is 10.8 Å². The molecule has 0 aromatic carbocycles. The SMILES string of the molecule is C=CCC1(C)CCCC(CC)(CC)C1. The van der Waals surface area contributed by atoms with E-state index in [2.05, 4.69) is 33.4 Å². The molecule has 0 aromatic heterocycles. The standard InChI is InChI=1S/C14H26/c1-5-9-13(4)10-8-11-14(6-2,7-3)12-13/h5H,1,6-12H2,2-4H3. The fourth-order valence-electron chi connectivity index (χ4n) is 3.35. The van der Waals surface area contributed by atoms with Crippen LogP contribution in [0.4, 0.5) is 0 Å². The largest absolute Gasteiger partial charge is 0.103 e. The van der Waals surface area contributed by atoms with Gasteiger partial charge in [-0.3, -0.25) is 0 Å². The van der Waals surface area contributed by atoms with Gasteiger partial charge in [0.15, 0.2) is 0 Å². The van der Waals surface area contributed by atoms with E-state index in [1.165, 1.54) is 44.9 Å². The van der Waals surface area contributed by atoms with Crippen molar-refractivity contribution in [1.82, 2.24) is 0 Å². The highest BCUT2D eigenvalue weighted by Gasteiger charge is 2.39. The molecular formula is C14H26. The molecular weight excluding hydrogens is 168 g/mol. The highest BCUT2D eigenvalue weighted by Crippen LogP contribution is 2.51. The van der Waals surface area contributed by atoms with Crippen LogP contribution in [0.1, 0.15) is 65.7 Å². The molecule has 14 heavy (non-hydrogen) atoms. The lowest BCUT2D eigenvalue weighted by Crippen LogP contribution is -2.33. The smallest absolute Gasteiger partial charge is 0.0286 e. The number of hydrogen-bond acceptors (Lipinski definition) is 0. The molecule has 1 aliphatic carbocycles. The van der Waals surface area contributed by atoms with Crippen molar-refractivity contribution in [2.45, 2.75) is 65.7 Å². The first-order valence-corrected chi connectivity index (χ1v) is 6.21. The molecule has 82 valence electrons. The van der Waals surface area contributed by atoms with Gasteiger partial charge in [-0.25, -0.2) is 0 Å². The molecule has 0 amide bonds. The van der Waals surface area contributed by atoms with Crippen LogP contribution in [0.25, 0.3) is 0 Å². The Labute approximate surface area is 89.8 Å². The van der Waals surface area contributed by atoms with Crippen LogP contribution in [0, 0.1) is 10.8 Å². The first-order chi connectivity index (χ1) is 6.60. The molecule has 1 fully saturated rings. The normalized spacial score (nSPS) is 31.4. The van der Waals surface area contributed by atoms with Gasteiger partial charge >= 0.3 is 0 Å². The maximum absolute atomic E-state index is 3.90. The van der Waals surface area contributed by atoms with Crippen LogP contribution in [-0.4, -0.2) is 0 Å². The number of hydrogen-bond donors (Lipinski definition) is 0. The molecule has 1 atom stereocenters. The average molecular weight is 194 g/mol. The summed E-state index contributed by atoms with van der Waals surface area (Å²) in [6.45, 7) is 11.1. The van der Waals surface area contributed by atoms with E-state index >= 15 is 0 Å². The molecule has 0 aliphatic heterocycles. The summed E-state index contributed by atoms with van der Waals surface area (Å²) in [7, 11) is 0. The van der Waals surface area contributed by atoms with Crippen LogP contribution >= 0.6 is 0 Å². The van der Waals surface area contributed by atoms with Crippen LogP contribution in [0.2, 0.25) is 0 Å². The minimum Gasteiger partial charge on any atom is -0.103 e. The summed E-state index contributed by atoms with van der Waals surface area (Å²) in [4.78, 5) is 0. The van der Waals surface area contributed by atoms with Gasteiger partial charge in [-0.05, 0) is 36.5 Å². The highest BCUT2D eigenvalue weighted by atomic mass is 14.4. The molecule has 0 spiro atoms. The van der Waals surface area contributed by atoms with Gasteiger partial charge in [0.25, 0.3) is 0 Å². The zero-order chi connectivity index (χ0) is 10.7. The minimum atomic E-state index is 0.548. The molecule has 1 aliphatic rings. The van der Waals surface area contributed by atoms with Gasteiger partial charge in [-0.2, -0.15) is 0 Å². The fourth-order valence-corrected chi connectivity index (χ4v) is 3.35. The van der Waals surface area contributed by atoms with Crippen molar-refractivity contribution in [1.29, 1.82) is 0 Å². The molecule has 1 unspecified atom stereocenters. The molecule has 0 bridgehead atoms. The Morgan fingerprint density at radius 1 is 1.21 bits per heavy atom. The van der Waals surface area contributed by atoms with Crippen molar-refractivity contribution in [3.05, 3.63) is 12.7 Å². The van der Waals surface area contributed by atoms with Crippen LogP contribution in [0.3, 0.4) is 0 Å². The third kappa shape index (κ3) is 2.40. The van der Waals surface area contributed by atoms with Crippen LogP contribution < -0.4 is 0 Å². The van der Waals surface area contributed by atoms with Gasteiger partial charge in [0, 0.05) is 0 Å². The summed E-state index contributed by atoms with van der Waals surface area (Å²) in [6.07, 6.45) is 11.7. The zero-order valence-corrected chi connectivity index (χ0v) is 10.2. The van der Waals surface area contributed by atoms with Crippen molar-refractivity contribution < 1.29 is 0 Å². The van der Waals surface area contributed by atoms with Gasteiger partial charge in [-0.15, -0.1) is 6.58 Å². The molecule has 0 heteroatoms. The topological polar surface area (TPSA) is 0 Å². The van der Waals surface area contributed by atoms with Gasteiger partial charge in [0.1, 0.15) is 0 Å². The van der Waals surface area contributed by atoms with Crippen molar-refractivity contribution in [2.75, 3.05) is 0 Å². The van der Waals surface area contributed by atoms with Crippen LogP contribution in [-0.2, 0) is 0 Å². The lowest BCUT2D eigenvalue weighted by Gasteiger charge is -2.46. The van der Waals surface area contributed by atoms with E-state index in [1.54, 1.807) is 0 Å². The Bertz CT molecular complexity index is 188. The molecule has 0 saturated heterocycles. The number of rotatable bonds is 4. The highest BCUT2D eigenvalue weighted by molar-refractivity contribution is 4.94. The van der Waals surface area contributed by atoms with E-state index in [-0.39, 0.29) is 0 Å². The fraction of sp³-hybridized carbons (Fsp3) is 0.857. The lowest BCUT2D eigenvalue weighted by atomic mass is 9.59. The van der Waals surface area contributed by atoms with E-state index in [1.807, 2.05) is 0 Å². The van der Waals surface area contributed by atoms with E-state index in [0.717, 1.165) is 0 Å². The average Bonchev–Trinajstić information content (AvgIpc) is 2.17. The monoisotopic (exact) mass is 194 g/mol. The van der Waals surface area contributed by atoms with E-state index < -0.39 is 0 Å². The Kier molecular flexibility index (Phi) is 3.80. The first-order valence-electron chi connectivity index (χ1n) is 6.21. The predicted octanol–water partition coefficient (Wildman–Crippen LogP) is 4.95. The molecule has 0 radical (unpaired) electrons. The van der Waals surface area contributed by atoms with Crippen molar-refractivity contribution in [3.63, 3.8) is 0 Å². The summed E-state index contributed by atoms with van der Waals surface area (Å²) in [5.74, 6) is 0. The Morgan fingerprint density at radius 3 is 2.36 bits per heavy atom. The van der Waals surface area contributed by atoms with Gasteiger partial charge in [0.05, 0.1) is 0 Å². The second-order valence-corrected chi connectivity index (χ2v) is 5.54. The Morgan fingerprint density at radius 2 is 1.86 bits per heavy atom. The predicted molar refractivity (Wildman–Crippen MR) is 64.4 cm³/mol. The molecule has 1 rings (SSSR count). The van der Waals surface area contributed by atoms with Crippen LogP contribution in [0.5, 0.6) is 0 Å². The van der Waals surface area contributed by atoms with E-state index in [4.69, 9.17) is 0 Å². The third-order valence-electron chi connectivity index (χ3n) is 4.43. The summed E-state index contributed by atoms with van der Waals surface area (Å²) < 4.78 is 0. The second kappa shape index (κ2) is 4.51. The third-order valence-corrected chi connectivity index (χ3v) is 4.43. The quantitative estimate of drug-likeness (QED) is 0.555. The second-order valence-electron chi connectivity index (χ2n) is 5.54. The maximum Gasteiger partial charge on any atom is -0.0286 e. The molecule has 0 heterocycles. The molecule has 1 saturated carbocycles. The van der Waals surface area contributed by atoms with Crippen molar-refractivity contribution >= 4 is 0 Å². The Hall–Kier alpha value is -0.260. The molecule has 0 N–H and O–H groups in total. The summed E-state index contributed by atoms with van der Waals surface area (Å²) in [6, 6.07) is 0. The van der Waals surface area contributed by atoms with Crippen LogP contribution in [0.15, 0.2) is 12.7 Å². The summed E-state index contributed by atoms with van der Waals surface area (Å²) >= 11 is 0. The van der Waals surface area contributed by atoms with Crippen molar-refractivity contribution in [3.8, 4) is 0 Å². The zero-order valence-electron chi connectivity index (χ0n) is 10.2. The summed E-state index contributed by atoms with van der Waals surface area (Å²) in [5, 5.41) is 0. The Balaban J connectivity index is 2.70. The lowest BCUT2D eigenvalue weighted by molar-refractivity contribution is 0.0641. The molecule has 0 aromatic rings. The van der Waals surface area contributed by atoms with E-state index in [9.17, 15) is 0 Å². The minimum absolute atomic E-state index is 0.548. The van der Waals surface area contributed by atoms with Crippen molar-refractivity contribution in [2.24, 2.45) is 10.8 Å². The maximum atomic E-state index is 3.90. The van der Waals surface area contributed by atoms with Gasteiger partial charge in [0.2, 0.25) is 0 Å². The number of allylic oxidation sites excluding steroid dienone is 1. The van der Waals surface area contributed by atoms with Gasteiger partial charge < -0.3 is 0 Å². The molecule has 0 nitrogen and oxygen atoms in total. The summed E-state index contributed by atoms with van der Waals surface area (Å²) in [5.41, 5.74) is 1.20.